The van der Waals surface area contributed by atoms with Crippen LogP contribution in [0.3, 0.4) is 0 Å². The van der Waals surface area contributed by atoms with E-state index < -0.39 is 0 Å². The predicted octanol–water partition coefficient (Wildman–Crippen LogP) is 11.2. The minimum absolute atomic E-state index is 1.24. The molecule has 0 N–H and O–H groups in total. The maximum absolute atomic E-state index is 2.38. The Labute approximate surface area is 200 Å². The Kier molecular flexibility index (Phi) is 16.2. The predicted molar refractivity (Wildman–Crippen MR) is 146 cm³/mol. The van der Waals surface area contributed by atoms with Gasteiger partial charge in [0, 0.05) is 0 Å². The summed E-state index contributed by atoms with van der Waals surface area (Å²) in [5.74, 6) is 0. The highest BCUT2D eigenvalue weighted by Gasteiger charge is 1.98. The Morgan fingerprint density at radius 3 is 1.28 bits per heavy atom. The first-order chi connectivity index (χ1) is 15.9. The van der Waals surface area contributed by atoms with Crippen LogP contribution in [0.2, 0.25) is 0 Å². The van der Waals surface area contributed by atoms with Gasteiger partial charge in [0.1, 0.15) is 0 Å². The second kappa shape index (κ2) is 19.2. The average Bonchev–Trinajstić information content (AvgIpc) is 2.82. The van der Waals surface area contributed by atoms with Gasteiger partial charge in [-0.15, -0.1) is 0 Å². The molecule has 0 bridgehead atoms. The van der Waals surface area contributed by atoms with Crippen molar-refractivity contribution in [2.75, 3.05) is 0 Å². The van der Waals surface area contributed by atoms with Crippen LogP contribution in [-0.4, -0.2) is 0 Å². The second-order valence-electron chi connectivity index (χ2n) is 10.1. The average molecular weight is 437 g/mol. The van der Waals surface area contributed by atoms with Gasteiger partial charge in [0.05, 0.1) is 0 Å². The lowest BCUT2D eigenvalue weighted by atomic mass is 10.0. The minimum atomic E-state index is 1.24. The van der Waals surface area contributed by atoms with Crippen molar-refractivity contribution in [3.05, 3.63) is 48.0 Å². The molecule has 0 spiro atoms. The highest BCUT2D eigenvalue weighted by Crippen LogP contribution is 2.18. The number of fused-ring (bicyclic) bond motifs is 1. The molecule has 32 heavy (non-hydrogen) atoms. The van der Waals surface area contributed by atoms with Crippen molar-refractivity contribution < 1.29 is 0 Å². The molecule has 0 aliphatic carbocycles. The van der Waals surface area contributed by atoms with E-state index in [2.05, 4.69) is 49.4 Å². The van der Waals surface area contributed by atoms with Crippen molar-refractivity contribution >= 4 is 10.8 Å². The highest BCUT2D eigenvalue weighted by atomic mass is 14.0. The Hall–Kier alpha value is -1.30. The number of unbranched alkanes of at least 4 members (excludes halogenated alkanes) is 19. The van der Waals surface area contributed by atoms with E-state index in [0.29, 0.717) is 0 Å². The van der Waals surface area contributed by atoms with Gasteiger partial charge in [-0.05, 0) is 29.2 Å². The van der Waals surface area contributed by atoms with Crippen molar-refractivity contribution in [3.63, 3.8) is 0 Å². The first-order valence-corrected chi connectivity index (χ1v) is 14.4. The SMILES string of the molecule is CCCCCCCCCCCCCCCCCCCCCCc1ccc2ccccc2c1. The minimum Gasteiger partial charge on any atom is -0.0654 e. The van der Waals surface area contributed by atoms with Crippen molar-refractivity contribution in [3.8, 4) is 0 Å². The molecule has 0 amide bonds. The number of benzene rings is 2. The Bertz CT molecular complexity index is 671. The monoisotopic (exact) mass is 436 g/mol. The molecule has 0 heteroatoms. The quantitative estimate of drug-likeness (QED) is 0.171. The van der Waals surface area contributed by atoms with E-state index in [-0.39, 0.29) is 0 Å². The summed E-state index contributed by atoms with van der Waals surface area (Å²) in [7, 11) is 0. The van der Waals surface area contributed by atoms with Crippen LogP contribution in [-0.2, 0) is 6.42 Å². The summed E-state index contributed by atoms with van der Waals surface area (Å²) in [5, 5.41) is 2.75. The van der Waals surface area contributed by atoms with E-state index in [1.54, 1.807) is 0 Å². The molecule has 0 atom stereocenters. The summed E-state index contributed by atoms with van der Waals surface area (Å²) < 4.78 is 0. The first-order valence-electron chi connectivity index (χ1n) is 14.4. The molecule has 0 saturated carbocycles. The molecule has 0 saturated heterocycles. The third-order valence-electron chi connectivity index (χ3n) is 7.13. The number of rotatable bonds is 21. The lowest BCUT2D eigenvalue weighted by Gasteiger charge is -2.05. The topological polar surface area (TPSA) is 0 Å². The van der Waals surface area contributed by atoms with Gasteiger partial charge < -0.3 is 0 Å². The van der Waals surface area contributed by atoms with Gasteiger partial charge in [-0.2, -0.15) is 0 Å². The normalized spacial score (nSPS) is 11.4. The van der Waals surface area contributed by atoms with Crippen LogP contribution in [0.4, 0.5) is 0 Å². The molecule has 0 aromatic heterocycles. The van der Waals surface area contributed by atoms with Gasteiger partial charge in [0.15, 0.2) is 0 Å². The molecule has 0 heterocycles. The van der Waals surface area contributed by atoms with Gasteiger partial charge in [0.2, 0.25) is 0 Å². The van der Waals surface area contributed by atoms with E-state index in [4.69, 9.17) is 0 Å². The molecule has 0 unspecified atom stereocenters. The van der Waals surface area contributed by atoms with Gasteiger partial charge in [0.25, 0.3) is 0 Å². The van der Waals surface area contributed by atoms with Crippen LogP contribution >= 0.6 is 0 Å². The van der Waals surface area contributed by atoms with Crippen LogP contribution in [0.25, 0.3) is 10.8 Å². The van der Waals surface area contributed by atoms with Gasteiger partial charge in [-0.3, -0.25) is 0 Å². The van der Waals surface area contributed by atoms with Crippen LogP contribution in [0.1, 0.15) is 141 Å². The maximum atomic E-state index is 2.38. The van der Waals surface area contributed by atoms with Gasteiger partial charge in [-0.25, -0.2) is 0 Å². The molecule has 2 aromatic carbocycles. The Morgan fingerprint density at radius 2 is 0.812 bits per heavy atom. The lowest BCUT2D eigenvalue weighted by molar-refractivity contribution is 0.522. The summed E-state index contributed by atoms with van der Waals surface area (Å²) >= 11 is 0. The highest BCUT2D eigenvalue weighted by molar-refractivity contribution is 5.82. The summed E-state index contributed by atoms with van der Waals surface area (Å²) in [6.07, 6.45) is 30.3. The molecule has 0 aliphatic rings. The molecule has 180 valence electrons. The molecule has 0 aliphatic heterocycles. The molecule has 0 nitrogen and oxygen atoms in total. The van der Waals surface area contributed by atoms with Crippen LogP contribution in [0.5, 0.6) is 0 Å². The van der Waals surface area contributed by atoms with E-state index in [1.165, 1.54) is 151 Å². The fraction of sp³-hybridized carbons (Fsp3) is 0.688. The van der Waals surface area contributed by atoms with E-state index in [9.17, 15) is 0 Å². The summed E-state index contributed by atoms with van der Waals surface area (Å²) in [5.41, 5.74) is 1.51. The third kappa shape index (κ3) is 13.3. The fourth-order valence-electron chi connectivity index (χ4n) is 4.98. The van der Waals surface area contributed by atoms with Crippen LogP contribution in [0.15, 0.2) is 42.5 Å². The van der Waals surface area contributed by atoms with Crippen molar-refractivity contribution in [2.24, 2.45) is 0 Å². The van der Waals surface area contributed by atoms with Gasteiger partial charge in [-0.1, -0.05) is 171 Å². The van der Waals surface area contributed by atoms with Crippen molar-refractivity contribution in [1.29, 1.82) is 0 Å². The van der Waals surface area contributed by atoms with Crippen molar-refractivity contribution in [2.45, 2.75) is 142 Å². The molecular weight excluding hydrogens is 384 g/mol. The molecule has 2 rings (SSSR count). The standard InChI is InChI=1S/C32H52/c1-2-3-4-5-6-7-8-9-10-11-12-13-14-15-16-17-18-19-20-21-24-30-27-28-31-25-22-23-26-32(31)29-30/h22-23,25-29H,2-21,24H2,1H3. The first kappa shape index (κ1) is 26.9. The number of hydrogen-bond acceptors (Lipinski definition) is 0. The van der Waals surface area contributed by atoms with Crippen LogP contribution < -0.4 is 0 Å². The molecule has 2 aromatic rings. The Balaban J connectivity index is 1.28. The van der Waals surface area contributed by atoms with Crippen molar-refractivity contribution in [1.82, 2.24) is 0 Å². The molecular formula is C32H52. The van der Waals surface area contributed by atoms with E-state index in [0.717, 1.165) is 0 Å². The third-order valence-corrected chi connectivity index (χ3v) is 7.13. The summed E-state index contributed by atoms with van der Waals surface area (Å²) in [6, 6.07) is 15.7. The maximum Gasteiger partial charge on any atom is -0.0181 e. The van der Waals surface area contributed by atoms with Gasteiger partial charge >= 0.3 is 0 Å². The number of hydrogen-bond donors (Lipinski definition) is 0. The summed E-state index contributed by atoms with van der Waals surface area (Å²) in [4.78, 5) is 0. The van der Waals surface area contributed by atoms with E-state index >= 15 is 0 Å². The van der Waals surface area contributed by atoms with Crippen LogP contribution in [0, 0.1) is 0 Å². The summed E-state index contributed by atoms with van der Waals surface area (Å²) in [6.45, 7) is 2.30. The number of aryl methyl sites for hydroxylation is 1. The zero-order valence-corrected chi connectivity index (χ0v) is 21.4. The molecule has 0 fully saturated rings. The lowest BCUT2D eigenvalue weighted by Crippen LogP contribution is -1.87. The fourth-order valence-corrected chi connectivity index (χ4v) is 4.98. The molecule has 0 radical (unpaired) electrons. The largest absolute Gasteiger partial charge is 0.0654 e. The zero-order chi connectivity index (χ0) is 22.5. The van der Waals surface area contributed by atoms with E-state index in [1.807, 2.05) is 0 Å². The second-order valence-corrected chi connectivity index (χ2v) is 10.1. The Morgan fingerprint density at radius 1 is 0.406 bits per heavy atom. The zero-order valence-electron chi connectivity index (χ0n) is 21.4. The smallest absolute Gasteiger partial charge is 0.0181 e.